The summed E-state index contributed by atoms with van der Waals surface area (Å²) in [7, 11) is 0. The van der Waals surface area contributed by atoms with E-state index in [4.69, 9.17) is 5.11 Å². The Morgan fingerprint density at radius 2 is 2.56 bits per heavy atom. The van der Waals surface area contributed by atoms with Crippen LogP contribution in [0, 0.1) is 0 Å². The first-order valence-electron chi connectivity index (χ1n) is 2.68. The van der Waals surface area contributed by atoms with Crippen molar-refractivity contribution in [2.75, 3.05) is 6.61 Å². The van der Waals surface area contributed by atoms with Crippen LogP contribution in [0.15, 0.2) is 0 Å². The summed E-state index contributed by atoms with van der Waals surface area (Å²) in [5.74, 6) is 0.529. The van der Waals surface area contributed by atoms with E-state index in [0.717, 1.165) is 0 Å². The Labute approximate surface area is 52.1 Å². The van der Waals surface area contributed by atoms with Crippen LogP contribution in [0.1, 0.15) is 18.7 Å². The lowest BCUT2D eigenvalue weighted by Crippen LogP contribution is -2.00. The second kappa shape index (κ2) is 2.54. The molecule has 5 heteroatoms. The van der Waals surface area contributed by atoms with Crippen molar-refractivity contribution in [1.29, 1.82) is 0 Å². The molecule has 1 unspecified atom stereocenters. The maximum absolute atomic E-state index is 8.58. The fraction of sp³-hybridized carbons (Fsp3) is 0.750. The molecule has 0 aliphatic carbocycles. The molecule has 1 rings (SSSR count). The highest BCUT2D eigenvalue weighted by molar-refractivity contribution is 4.86. The molecular formula is C4H8N4O. The maximum Gasteiger partial charge on any atom is 0.179 e. The predicted octanol–water partition coefficient (Wildman–Crippen LogP) is -0.705. The zero-order valence-corrected chi connectivity index (χ0v) is 5.07. The molecule has 0 saturated carbocycles. The van der Waals surface area contributed by atoms with E-state index < -0.39 is 0 Å². The summed E-state index contributed by atoms with van der Waals surface area (Å²) in [4.78, 5) is 0. The molecule has 0 aliphatic rings. The van der Waals surface area contributed by atoms with E-state index in [9.17, 15) is 0 Å². The molecule has 9 heavy (non-hydrogen) atoms. The van der Waals surface area contributed by atoms with Crippen molar-refractivity contribution >= 4 is 0 Å². The van der Waals surface area contributed by atoms with Gasteiger partial charge in [0.15, 0.2) is 5.82 Å². The monoisotopic (exact) mass is 128 g/mol. The predicted molar refractivity (Wildman–Crippen MR) is 29.7 cm³/mol. The van der Waals surface area contributed by atoms with E-state index in [-0.39, 0.29) is 12.5 Å². The van der Waals surface area contributed by atoms with Gasteiger partial charge in [0.2, 0.25) is 0 Å². The van der Waals surface area contributed by atoms with Crippen molar-refractivity contribution in [3.05, 3.63) is 5.82 Å². The van der Waals surface area contributed by atoms with Crippen molar-refractivity contribution in [1.82, 2.24) is 20.6 Å². The molecule has 0 radical (unpaired) electrons. The highest BCUT2D eigenvalue weighted by atomic mass is 16.3. The molecule has 0 aromatic carbocycles. The third kappa shape index (κ3) is 1.23. The number of hydrogen-bond donors (Lipinski definition) is 2. The largest absolute Gasteiger partial charge is 0.396 e. The van der Waals surface area contributed by atoms with Gasteiger partial charge in [-0.3, -0.25) is 0 Å². The first-order chi connectivity index (χ1) is 4.34. The smallest absolute Gasteiger partial charge is 0.179 e. The summed E-state index contributed by atoms with van der Waals surface area (Å²) in [6, 6.07) is 0. The lowest BCUT2D eigenvalue weighted by molar-refractivity contribution is 0.269. The number of tetrazole rings is 1. The summed E-state index contributed by atoms with van der Waals surface area (Å²) in [6.07, 6.45) is 0. The summed E-state index contributed by atoms with van der Waals surface area (Å²) in [5.41, 5.74) is 0. The van der Waals surface area contributed by atoms with Crippen LogP contribution in [-0.2, 0) is 0 Å². The fourth-order valence-electron chi connectivity index (χ4n) is 0.460. The van der Waals surface area contributed by atoms with Gasteiger partial charge in [-0.05, 0) is 0 Å². The Morgan fingerprint density at radius 3 is 3.00 bits per heavy atom. The minimum Gasteiger partial charge on any atom is -0.396 e. The second-order valence-electron chi connectivity index (χ2n) is 1.85. The molecule has 0 spiro atoms. The summed E-state index contributed by atoms with van der Waals surface area (Å²) >= 11 is 0. The number of aliphatic hydroxyl groups excluding tert-OH is 1. The quantitative estimate of drug-likeness (QED) is 0.552. The Morgan fingerprint density at radius 1 is 1.78 bits per heavy atom. The van der Waals surface area contributed by atoms with Crippen LogP contribution >= 0.6 is 0 Å². The van der Waals surface area contributed by atoms with Gasteiger partial charge in [0.1, 0.15) is 0 Å². The molecule has 1 atom stereocenters. The average molecular weight is 128 g/mol. The standard InChI is InChI=1S/C4H8N4O/c1-3(2-9)4-5-7-8-6-4/h3,9H,2H2,1H3,(H,5,6,7,8). The lowest BCUT2D eigenvalue weighted by atomic mass is 10.2. The van der Waals surface area contributed by atoms with Crippen LogP contribution < -0.4 is 0 Å². The van der Waals surface area contributed by atoms with E-state index >= 15 is 0 Å². The Kier molecular flexibility index (Phi) is 1.74. The van der Waals surface area contributed by atoms with Crippen molar-refractivity contribution in [2.45, 2.75) is 12.8 Å². The Balaban J connectivity index is 2.65. The minimum absolute atomic E-state index is 0.0243. The Bertz CT molecular complexity index is 161. The van der Waals surface area contributed by atoms with Crippen molar-refractivity contribution in [2.24, 2.45) is 0 Å². The molecule has 0 saturated heterocycles. The maximum atomic E-state index is 8.58. The van der Waals surface area contributed by atoms with Crippen molar-refractivity contribution in [3.63, 3.8) is 0 Å². The minimum atomic E-state index is -0.0243. The third-order valence-electron chi connectivity index (χ3n) is 1.08. The zero-order valence-electron chi connectivity index (χ0n) is 5.07. The second-order valence-corrected chi connectivity index (χ2v) is 1.85. The SMILES string of the molecule is CC(CO)c1nn[nH]n1. The molecule has 0 fully saturated rings. The van der Waals surface area contributed by atoms with E-state index in [0.29, 0.717) is 5.82 Å². The van der Waals surface area contributed by atoms with Crippen LogP contribution in [0.3, 0.4) is 0 Å². The van der Waals surface area contributed by atoms with Crippen LogP contribution in [-0.4, -0.2) is 32.3 Å². The first-order valence-corrected chi connectivity index (χ1v) is 2.68. The molecule has 1 aromatic rings. The summed E-state index contributed by atoms with van der Waals surface area (Å²) < 4.78 is 0. The molecule has 0 bridgehead atoms. The van der Waals surface area contributed by atoms with E-state index in [1.54, 1.807) is 0 Å². The van der Waals surface area contributed by atoms with Gasteiger partial charge >= 0.3 is 0 Å². The number of nitrogens with one attached hydrogen (secondary N) is 1. The molecule has 50 valence electrons. The van der Waals surface area contributed by atoms with Gasteiger partial charge in [-0.25, -0.2) is 0 Å². The van der Waals surface area contributed by atoms with Gasteiger partial charge in [0.05, 0.1) is 6.61 Å². The van der Waals surface area contributed by atoms with Gasteiger partial charge in [-0.2, -0.15) is 5.21 Å². The highest BCUT2D eigenvalue weighted by Gasteiger charge is 2.06. The molecule has 1 aromatic heterocycles. The Hall–Kier alpha value is -0.970. The fourth-order valence-corrected chi connectivity index (χ4v) is 0.460. The van der Waals surface area contributed by atoms with Crippen molar-refractivity contribution < 1.29 is 5.11 Å². The molecule has 0 amide bonds. The number of H-pyrrole nitrogens is 1. The van der Waals surface area contributed by atoms with Gasteiger partial charge in [0.25, 0.3) is 0 Å². The summed E-state index contributed by atoms with van der Waals surface area (Å²) in [5, 5.41) is 21.6. The van der Waals surface area contributed by atoms with E-state index in [1.165, 1.54) is 0 Å². The molecular weight excluding hydrogens is 120 g/mol. The number of aromatic nitrogens is 4. The topological polar surface area (TPSA) is 74.7 Å². The van der Waals surface area contributed by atoms with Gasteiger partial charge < -0.3 is 5.11 Å². The number of aromatic amines is 1. The van der Waals surface area contributed by atoms with Crippen LogP contribution in [0.5, 0.6) is 0 Å². The van der Waals surface area contributed by atoms with Gasteiger partial charge in [-0.15, -0.1) is 10.2 Å². The number of nitrogens with zero attached hydrogens (tertiary/aromatic N) is 3. The number of rotatable bonds is 2. The molecule has 2 N–H and O–H groups in total. The molecule has 5 nitrogen and oxygen atoms in total. The average Bonchev–Trinajstić information content (AvgIpc) is 2.37. The third-order valence-corrected chi connectivity index (χ3v) is 1.08. The van der Waals surface area contributed by atoms with Gasteiger partial charge in [0, 0.05) is 5.92 Å². The highest BCUT2D eigenvalue weighted by Crippen LogP contribution is 2.04. The van der Waals surface area contributed by atoms with Crippen LogP contribution in [0.25, 0.3) is 0 Å². The van der Waals surface area contributed by atoms with Crippen LogP contribution in [0.4, 0.5) is 0 Å². The zero-order chi connectivity index (χ0) is 6.69. The summed E-state index contributed by atoms with van der Waals surface area (Å²) in [6.45, 7) is 1.88. The molecule has 1 heterocycles. The first kappa shape index (κ1) is 6.15. The number of hydrogen-bond acceptors (Lipinski definition) is 4. The lowest BCUT2D eigenvalue weighted by Gasteiger charge is -1.97. The van der Waals surface area contributed by atoms with Crippen molar-refractivity contribution in [3.8, 4) is 0 Å². The number of aliphatic hydroxyl groups is 1. The van der Waals surface area contributed by atoms with Gasteiger partial charge in [-0.1, -0.05) is 12.1 Å². The van der Waals surface area contributed by atoms with Crippen LogP contribution in [0.2, 0.25) is 0 Å². The van der Waals surface area contributed by atoms with E-state index in [2.05, 4.69) is 20.6 Å². The molecule has 0 aliphatic heterocycles. The normalized spacial score (nSPS) is 13.6. The van der Waals surface area contributed by atoms with E-state index in [1.807, 2.05) is 6.92 Å².